The number of H-pyrrole nitrogens is 2. The zero-order valence-corrected chi connectivity index (χ0v) is 15.3. The first-order valence-electron chi connectivity index (χ1n) is 8.69. The zero-order valence-electron chi connectivity index (χ0n) is 15.3. The van der Waals surface area contributed by atoms with Crippen molar-refractivity contribution in [2.75, 3.05) is 7.11 Å². The van der Waals surface area contributed by atoms with Crippen molar-refractivity contribution in [3.8, 4) is 17.0 Å². The Kier molecular flexibility index (Phi) is 4.52. The summed E-state index contributed by atoms with van der Waals surface area (Å²) in [5.41, 5.74) is 3.21. The smallest absolute Gasteiger partial charge is 0.269 e. The molecule has 8 heteroatoms. The van der Waals surface area contributed by atoms with Crippen LogP contribution < -0.4 is 10.1 Å². The van der Waals surface area contributed by atoms with Gasteiger partial charge in [-0.05, 0) is 49.4 Å². The van der Waals surface area contributed by atoms with Gasteiger partial charge < -0.3 is 15.0 Å². The molecule has 1 amide bonds. The molecule has 4 rings (SSSR count). The molecule has 0 spiro atoms. The quantitative estimate of drug-likeness (QED) is 0.494. The van der Waals surface area contributed by atoms with Crippen molar-refractivity contribution >= 4 is 16.9 Å². The number of amides is 1. The van der Waals surface area contributed by atoms with Gasteiger partial charge in [-0.25, -0.2) is 9.37 Å². The Labute approximate surface area is 160 Å². The SMILES string of the molecule is COc1ccc2nc([C@H](C)NC(=O)c3cc(-c4ccc(F)cc4)n[nH]3)[nH]c2c1. The summed E-state index contributed by atoms with van der Waals surface area (Å²) in [6.07, 6.45) is 0. The van der Waals surface area contributed by atoms with Gasteiger partial charge >= 0.3 is 0 Å². The molecule has 0 radical (unpaired) electrons. The average molecular weight is 379 g/mol. The number of ether oxygens (including phenoxy) is 1. The van der Waals surface area contributed by atoms with E-state index in [0.717, 1.165) is 22.3 Å². The van der Waals surface area contributed by atoms with Gasteiger partial charge in [0.05, 0.1) is 29.9 Å². The second-order valence-corrected chi connectivity index (χ2v) is 6.37. The van der Waals surface area contributed by atoms with Crippen LogP contribution in [-0.4, -0.2) is 33.2 Å². The molecule has 2 aromatic heterocycles. The standard InChI is InChI=1S/C20H18FN5O2/c1-11(19-23-15-8-7-14(28-2)9-17(15)24-19)22-20(27)18-10-16(25-26-18)12-3-5-13(21)6-4-12/h3-11H,1-2H3,(H,22,27)(H,23,24)(H,25,26)/t11-/m0/s1. The van der Waals surface area contributed by atoms with E-state index < -0.39 is 0 Å². The molecular weight excluding hydrogens is 361 g/mol. The molecule has 0 aliphatic rings. The molecule has 0 unspecified atom stereocenters. The van der Waals surface area contributed by atoms with Gasteiger partial charge in [0, 0.05) is 11.6 Å². The minimum absolute atomic E-state index is 0.309. The van der Waals surface area contributed by atoms with Gasteiger partial charge in [0.1, 0.15) is 23.1 Å². The number of aromatic nitrogens is 4. The molecule has 4 aromatic rings. The fraction of sp³-hybridized carbons (Fsp3) is 0.150. The number of hydrogen-bond donors (Lipinski definition) is 3. The fourth-order valence-corrected chi connectivity index (χ4v) is 2.89. The molecule has 7 nitrogen and oxygen atoms in total. The molecule has 0 saturated carbocycles. The number of methoxy groups -OCH3 is 1. The first-order chi connectivity index (χ1) is 13.5. The number of carbonyl (C=O) groups is 1. The molecule has 0 saturated heterocycles. The van der Waals surface area contributed by atoms with Crippen LogP contribution >= 0.6 is 0 Å². The molecule has 1 atom stereocenters. The van der Waals surface area contributed by atoms with E-state index in [1.807, 2.05) is 25.1 Å². The third kappa shape index (κ3) is 3.44. The van der Waals surface area contributed by atoms with E-state index in [9.17, 15) is 9.18 Å². The lowest BCUT2D eigenvalue weighted by Gasteiger charge is -2.10. The van der Waals surface area contributed by atoms with Crippen LogP contribution in [0.15, 0.2) is 48.5 Å². The number of imidazole rings is 1. The molecule has 142 valence electrons. The van der Waals surface area contributed by atoms with Gasteiger partial charge in [-0.15, -0.1) is 0 Å². The van der Waals surface area contributed by atoms with Crippen molar-refractivity contribution in [2.45, 2.75) is 13.0 Å². The topological polar surface area (TPSA) is 95.7 Å². The summed E-state index contributed by atoms with van der Waals surface area (Å²) in [7, 11) is 1.60. The van der Waals surface area contributed by atoms with Crippen LogP contribution in [0.5, 0.6) is 5.75 Å². The Bertz CT molecular complexity index is 1130. The van der Waals surface area contributed by atoms with Crippen molar-refractivity contribution in [3.05, 3.63) is 65.9 Å². The summed E-state index contributed by atoms with van der Waals surface area (Å²) >= 11 is 0. The van der Waals surface area contributed by atoms with E-state index in [1.54, 1.807) is 25.3 Å². The van der Waals surface area contributed by atoms with Gasteiger partial charge in [0.15, 0.2) is 0 Å². The van der Waals surface area contributed by atoms with Crippen molar-refractivity contribution < 1.29 is 13.9 Å². The molecular formula is C20H18FN5O2. The summed E-state index contributed by atoms with van der Waals surface area (Å²) in [6, 6.07) is 12.7. The lowest BCUT2D eigenvalue weighted by Crippen LogP contribution is -2.27. The Balaban J connectivity index is 1.49. The third-order valence-corrected chi connectivity index (χ3v) is 4.43. The van der Waals surface area contributed by atoms with E-state index in [0.29, 0.717) is 17.2 Å². The maximum atomic E-state index is 13.1. The zero-order chi connectivity index (χ0) is 19.7. The number of halogens is 1. The Morgan fingerprint density at radius 1 is 1.18 bits per heavy atom. The minimum Gasteiger partial charge on any atom is -0.497 e. The maximum Gasteiger partial charge on any atom is 0.269 e. The van der Waals surface area contributed by atoms with Crippen LogP contribution in [0.1, 0.15) is 29.3 Å². The summed E-state index contributed by atoms with van der Waals surface area (Å²) < 4.78 is 18.3. The second kappa shape index (κ2) is 7.15. The fourth-order valence-electron chi connectivity index (χ4n) is 2.89. The number of nitrogens with zero attached hydrogens (tertiary/aromatic N) is 2. The molecule has 28 heavy (non-hydrogen) atoms. The van der Waals surface area contributed by atoms with Gasteiger partial charge in [-0.1, -0.05) is 0 Å². The van der Waals surface area contributed by atoms with Gasteiger partial charge in [-0.2, -0.15) is 5.10 Å². The minimum atomic E-state index is -0.344. The molecule has 0 fully saturated rings. The summed E-state index contributed by atoms with van der Waals surface area (Å²) in [4.78, 5) is 20.2. The Hall–Kier alpha value is -3.68. The number of benzene rings is 2. The summed E-state index contributed by atoms with van der Waals surface area (Å²) in [5.74, 6) is 0.723. The van der Waals surface area contributed by atoms with E-state index in [2.05, 4.69) is 25.5 Å². The Morgan fingerprint density at radius 3 is 2.71 bits per heavy atom. The number of carbonyl (C=O) groups excluding carboxylic acids is 1. The van der Waals surface area contributed by atoms with Crippen molar-refractivity contribution in [3.63, 3.8) is 0 Å². The predicted octanol–water partition coefficient (Wildman–Crippen LogP) is 3.59. The van der Waals surface area contributed by atoms with E-state index in [-0.39, 0.29) is 17.8 Å². The highest BCUT2D eigenvalue weighted by atomic mass is 19.1. The second-order valence-electron chi connectivity index (χ2n) is 6.37. The van der Waals surface area contributed by atoms with Crippen molar-refractivity contribution in [2.24, 2.45) is 0 Å². The maximum absolute atomic E-state index is 13.1. The summed E-state index contributed by atoms with van der Waals surface area (Å²) in [5, 5.41) is 9.72. The number of rotatable bonds is 5. The third-order valence-electron chi connectivity index (χ3n) is 4.43. The van der Waals surface area contributed by atoms with Crippen LogP contribution in [0, 0.1) is 5.82 Å². The predicted molar refractivity (Wildman–Crippen MR) is 103 cm³/mol. The van der Waals surface area contributed by atoms with Crippen LogP contribution in [0.3, 0.4) is 0 Å². The highest BCUT2D eigenvalue weighted by Crippen LogP contribution is 2.22. The van der Waals surface area contributed by atoms with Gasteiger partial charge in [0.2, 0.25) is 0 Å². The largest absolute Gasteiger partial charge is 0.497 e. The first kappa shape index (κ1) is 17.7. The molecule has 2 aromatic carbocycles. The molecule has 2 heterocycles. The number of fused-ring (bicyclic) bond motifs is 1. The van der Waals surface area contributed by atoms with Crippen molar-refractivity contribution in [1.82, 2.24) is 25.5 Å². The van der Waals surface area contributed by atoms with Gasteiger partial charge in [-0.3, -0.25) is 9.89 Å². The van der Waals surface area contributed by atoms with Crippen LogP contribution in [0.4, 0.5) is 4.39 Å². The van der Waals surface area contributed by atoms with Crippen molar-refractivity contribution in [1.29, 1.82) is 0 Å². The normalized spacial score (nSPS) is 12.1. The molecule has 3 N–H and O–H groups in total. The van der Waals surface area contributed by atoms with Crippen LogP contribution in [0.25, 0.3) is 22.3 Å². The number of nitrogens with one attached hydrogen (secondary N) is 3. The average Bonchev–Trinajstić information content (AvgIpc) is 3.35. The number of aromatic amines is 2. The molecule has 0 aliphatic heterocycles. The van der Waals surface area contributed by atoms with E-state index in [1.165, 1.54) is 12.1 Å². The lowest BCUT2D eigenvalue weighted by molar-refractivity contribution is 0.0933. The monoisotopic (exact) mass is 379 g/mol. The van der Waals surface area contributed by atoms with E-state index >= 15 is 0 Å². The van der Waals surface area contributed by atoms with Crippen LogP contribution in [-0.2, 0) is 0 Å². The lowest BCUT2D eigenvalue weighted by atomic mass is 10.1. The Morgan fingerprint density at radius 2 is 1.96 bits per heavy atom. The highest BCUT2D eigenvalue weighted by Gasteiger charge is 2.17. The molecule has 0 aliphatic carbocycles. The van der Waals surface area contributed by atoms with Gasteiger partial charge in [0.25, 0.3) is 5.91 Å². The molecule has 0 bridgehead atoms. The first-order valence-corrected chi connectivity index (χ1v) is 8.69. The summed E-state index contributed by atoms with van der Waals surface area (Å²) in [6.45, 7) is 1.84. The van der Waals surface area contributed by atoms with E-state index in [4.69, 9.17) is 4.74 Å². The van der Waals surface area contributed by atoms with Crippen LogP contribution in [0.2, 0.25) is 0 Å². The number of hydrogen-bond acceptors (Lipinski definition) is 4. The highest BCUT2D eigenvalue weighted by molar-refractivity contribution is 5.93.